The zero-order valence-electron chi connectivity index (χ0n) is 12.9. The molecule has 0 saturated carbocycles. The average Bonchev–Trinajstić information content (AvgIpc) is 2.34. The molecule has 0 aliphatic heterocycles. The SMILES string of the molecule is CCCCCCCCCCCCCCO[P+](=O)[O-].[Na+]. The van der Waals surface area contributed by atoms with Crippen molar-refractivity contribution in [2.24, 2.45) is 0 Å². The quantitative estimate of drug-likeness (QED) is 0.279. The van der Waals surface area contributed by atoms with E-state index in [0.717, 1.165) is 12.8 Å². The molecule has 0 heterocycles. The van der Waals surface area contributed by atoms with Gasteiger partial charge in [0.2, 0.25) is 0 Å². The van der Waals surface area contributed by atoms with Crippen molar-refractivity contribution in [1.82, 2.24) is 0 Å². The van der Waals surface area contributed by atoms with E-state index in [1.807, 2.05) is 0 Å². The van der Waals surface area contributed by atoms with Gasteiger partial charge < -0.3 is 4.89 Å². The molecule has 3 nitrogen and oxygen atoms in total. The van der Waals surface area contributed by atoms with Crippen molar-refractivity contribution in [2.45, 2.75) is 84.0 Å². The molecule has 0 fully saturated rings. The molecule has 0 amide bonds. The van der Waals surface area contributed by atoms with Crippen molar-refractivity contribution >= 4 is 8.25 Å². The van der Waals surface area contributed by atoms with Crippen LogP contribution in [0.1, 0.15) is 84.0 Å². The second kappa shape index (κ2) is 19.0. The topological polar surface area (TPSA) is 49.4 Å². The summed E-state index contributed by atoms with van der Waals surface area (Å²) in [6.07, 6.45) is 15.4. The molecule has 0 aliphatic rings. The molecule has 108 valence electrons. The number of hydrogen-bond donors (Lipinski definition) is 0. The molecule has 0 saturated heterocycles. The van der Waals surface area contributed by atoms with E-state index in [9.17, 15) is 9.46 Å². The van der Waals surface area contributed by atoms with Crippen LogP contribution in [0.5, 0.6) is 0 Å². The first-order chi connectivity index (χ1) is 8.77. The molecule has 0 aromatic rings. The molecule has 0 aliphatic carbocycles. The minimum Gasteiger partial charge on any atom is -0.566 e. The maximum Gasteiger partial charge on any atom is 1.00 e. The van der Waals surface area contributed by atoms with Crippen LogP contribution in [0, 0.1) is 0 Å². The summed E-state index contributed by atoms with van der Waals surface area (Å²) >= 11 is 0. The number of unbranched alkanes of at least 4 members (excludes halogenated alkanes) is 11. The Morgan fingerprint density at radius 2 is 1.16 bits per heavy atom. The Hall–Kier alpha value is 1.02. The third-order valence-electron chi connectivity index (χ3n) is 3.19. The largest absolute Gasteiger partial charge is 1.00 e. The zero-order chi connectivity index (χ0) is 13.5. The Labute approximate surface area is 142 Å². The summed E-state index contributed by atoms with van der Waals surface area (Å²) in [6.45, 7) is 2.61. The Morgan fingerprint density at radius 3 is 1.53 bits per heavy atom. The van der Waals surface area contributed by atoms with Gasteiger partial charge in [-0.1, -0.05) is 77.6 Å². The maximum absolute atomic E-state index is 10.1. The molecule has 0 N–H and O–H groups in total. The summed E-state index contributed by atoms with van der Waals surface area (Å²) in [6, 6.07) is 0. The first-order valence-corrected chi connectivity index (χ1v) is 8.64. The predicted molar refractivity (Wildman–Crippen MR) is 74.6 cm³/mol. The Bertz CT molecular complexity index is 192. The zero-order valence-corrected chi connectivity index (χ0v) is 15.8. The van der Waals surface area contributed by atoms with E-state index in [1.54, 1.807) is 0 Å². The van der Waals surface area contributed by atoms with Crippen LogP contribution in [0.2, 0.25) is 0 Å². The normalized spacial score (nSPS) is 11.2. The van der Waals surface area contributed by atoms with E-state index in [-0.39, 0.29) is 29.6 Å². The second-order valence-electron chi connectivity index (χ2n) is 4.95. The maximum atomic E-state index is 10.1. The van der Waals surface area contributed by atoms with Crippen molar-refractivity contribution < 1.29 is 43.5 Å². The molecule has 0 radical (unpaired) electrons. The van der Waals surface area contributed by atoms with Gasteiger partial charge in [-0.2, -0.15) is 0 Å². The van der Waals surface area contributed by atoms with Gasteiger partial charge in [-0.05, 0) is 11.0 Å². The van der Waals surface area contributed by atoms with E-state index in [2.05, 4.69) is 11.4 Å². The Kier molecular flexibility index (Phi) is 22.3. The smallest absolute Gasteiger partial charge is 0.566 e. The fourth-order valence-electron chi connectivity index (χ4n) is 2.08. The molecule has 0 rings (SSSR count). The average molecular weight is 299 g/mol. The summed E-state index contributed by atoms with van der Waals surface area (Å²) in [5, 5.41) is 0. The van der Waals surface area contributed by atoms with Gasteiger partial charge in [0.1, 0.15) is 6.61 Å². The van der Waals surface area contributed by atoms with E-state index in [0.29, 0.717) is 6.61 Å². The standard InChI is InChI=1S/C14H29O3P.Na/c1-2-3-4-5-6-7-8-9-10-11-12-13-14-17-18(15)16;/h2-14H2,1H3;/q;+1. The van der Waals surface area contributed by atoms with Gasteiger partial charge in [0, 0.05) is 0 Å². The Balaban J connectivity index is 0. The molecule has 0 bridgehead atoms. The fraction of sp³-hybridized carbons (Fsp3) is 1.00. The molecular weight excluding hydrogens is 270 g/mol. The molecule has 5 heteroatoms. The summed E-state index contributed by atoms with van der Waals surface area (Å²) in [4.78, 5) is 10.1. The van der Waals surface area contributed by atoms with Crippen molar-refractivity contribution in [1.29, 1.82) is 0 Å². The molecule has 19 heavy (non-hydrogen) atoms. The van der Waals surface area contributed by atoms with E-state index in [4.69, 9.17) is 0 Å². The summed E-state index contributed by atoms with van der Waals surface area (Å²) in [7, 11) is -2.64. The number of rotatable bonds is 14. The molecule has 1 unspecified atom stereocenters. The molecule has 0 aromatic carbocycles. The van der Waals surface area contributed by atoms with Crippen LogP contribution < -0.4 is 34.5 Å². The molecule has 0 spiro atoms. The van der Waals surface area contributed by atoms with Crippen LogP contribution in [0.4, 0.5) is 0 Å². The van der Waals surface area contributed by atoms with Gasteiger partial charge in [0.25, 0.3) is 0 Å². The van der Waals surface area contributed by atoms with Gasteiger partial charge in [-0.3, -0.25) is 0 Å². The summed E-state index contributed by atoms with van der Waals surface area (Å²) < 4.78 is 14.6. The minimum atomic E-state index is -2.64. The van der Waals surface area contributed by atoms with Crippen molar-refractivity contribution in [3.8, 4) is 0 Å². The van der Waals surface area contributed by atoms with Crippen LogP contribution in [-0.2, 0) is 9.09 Å². The first kappa shape index (κ1) is 22.3. The van der Waals surface area contributed by atoms with E-state index < -0.39 is 8.25 Å². The van der Waals surface area contributed by atoms with Gasteiger partial charge in [-0.15, -0.1) is 4.52 Å². The van der Waals surface area contributed by atoms with E-state index >= 15 is 0 Å². The van der Waals surface area contributed by atoms with Crippen molar-refractivity contribution in [3.05, 3.63) is 0 Å². The first-order valence-electron chi connectivity index (χ1n) is 7.54. The fourth-order valence-corrected chi connectivity index (χ4v) is 2.36. The number of hydrogen-bond acceptors (Lipinski definition) is 3. The summed E-state index contributed by atoms with van der Waals surface area (Å²) in [5.74, 6) is 0. The van der Waals surface area contributed by atoms with Gasteiger partial charge in [-0.25, -0.2) is 0 Å². The van der Waals surface area contributed by atoms with E-state index in [1.165, 1.54) is 64.2 Å². The third-order valence-corrected chi connectivity index (χ3v) is 3.59. The van der Waals surface area contributed by atoms with Crippen LogP contribution in [0.25, 0.3) is 0 Å². The predicted octanol–water partition coefficient (Wildman–Crippen LogP) is 1.73. The Morgan fingerprint density at radius 1 is 0.789 bits per heavy atom. The van der Waals surface area contributed by atoms with Gasteiger partial charge in [0.05, 0.1) is 0 Å². The summed E-state index contributed by atoms with van der Waals surface area (Å²) in [5.41, 5.74) is 0. The second-order valence-corrected chi connectivity index (χ2v) is 5.65. The van der Waals surface area contributed by atoms with Crippen molar-refractivity contribution in [3.63, 3.8) is 0 Å². The molecule has 0 aromatic heterocycles. The third kappa shape index (κ3) is 21.5. The van der Waals surface area contributed by atoms with Gasteiger partial charge in [0.15, 0.2) is 0 Å². The van der Waals surface area contributed by atoms with Gasteiger partial charge >= 0.3 is 37.8 Å². The van der Waals surface area contributed by atoms with Crippen LogP contribution in [-0.4, -0.2) is 6.61 Å². The van der Waals surface area contributed by atoms with Crippen LogP contribution in [0.3, 0.4) is 0 Å². The van der Waals surface area contributed by atoms with Crippen LogP contribution in [0.15, 0.2) is 0 Å². The monoisotopic (exact) mass is 299 g/mol. The molecular formula is C14H29NaO3P+. The van der Waals surface area contributed by atoms with Crippen LogP contribution >= 0.6 is 8.25 Å². The van der Waals surface area contributed by atoms with Crippen molar-refractivity contribution in [2.75, 3.05) is 6.61 Å². The minimum absolute atomic E-state index is 0. The molecule has 1 atom stereocenters.